The molecule has 0 saturated carbocycles. The third-order valence-electron chi connectivity index (χ3n) is 1.31. The average molecular weight is 165 g/mol. The van der Waals surface area contributed by atoms with E-state index in [4.69, 9.17) is 0 Å². The van der Waals surface area contributed by atoms with Gasteiger partial charge in [-0.25, -0.2) is 0 Å². The molecule has 50 valence electrons. The van der Waals surface area contributed by atoms with Crippen LogP contribution in [0.4, 0.5) is 0 Å². The number of hydrogen-bond acceptors (Lipinski definition) is 2. The molecule has 0 fully saturated rings. The average Bonchev–Trinajstić information content (AvgIpc) is 1.98. The van der Waals surface area contributed by atoms with Gasteiger partial charge in [-0.05, 0) is 6.92 Å². The van der Waals surface area contributed by atoms with E-state index in [1.54, 1.807) is 6.92 Å². The topological polar surface area (TPSA) is 37.4 Å². The van der Waals surface area contributed by atoms with Crippen molar-refractivity contribution in [3.63, 3.8) is 0 Å². The second kappa shape index (κ2) is 3.78. The molecule has 0 saturated heterocycles. The van der Waals surface area contributed by atoms with Gasteiger partial charge in [-0.2, -0.15) is 0 Å². The summed E-state index contributed by atoms with van der Waals surface area (Å²) in [7, 11) is 1.47. The number of carbonyl (C=O) groups excluding carboxylic acids is 2. The summed E-state index contributed by atoms with van der Waals surface area (Å²) >= 11 is 0. The molecule has 1 heterocycles. The van der Waals surface area contributed by atoms with Crippen LogP contribution in [0, 0.1) is 0 Å². The number of likely N-dealkylation sites (N-methyl/N-ethyl adjacent to an activating group) is 1. The van der Waals surface area contributed by atoms with Gasteiger partial charge in [-0.1, -0.05) is 0 Å². The molecule has 0 radical (unpaired) electrons. The predicted molar refractivity (Wildman–Crippen MR) is 38.7 cm³/mol. The Morgan fingerprint density at radius 3 is 2.00 bits per heavy atom. The quantitative estimate of drug-likeness (QED) is 0.351. The number of amides is 2. The summed E-state index contributed by atoms with van der Waals surface area (Å²) in [6.07, 6.45) is 1.34. The molecular formula is C6H8KNO2. The van der Waals surface area contributed by atoms with E-state index in [9.17, 15) is 9.59 Å². The first-order valence-electron chi connectivity index (χ1n) is 2.63. The number of nitrogens with zero attached hydrogens (tertiary/aromatic N) is 1. The predicted octanol–water partition coefficient (Wildman–Crippen LogP) is -0.717. The Kier molecular flexibility index (Phi) is 3.97. The summed E-state index contributed by atoms with van der Waals surface area (Å²) in [6.45, 7) is 1.63. The van der Waals surface area contributed by atoms with Crippen molar-refractivity contribution in [1.29, 1.82) is 0 Å². The van der Waals surface area contributed by atoms with Crippen LogP contribution in [0.15, 0.2) is 11.6 Å². The van der Waals surface area contributed by atoms with Gasteiger partial charge in [0.1, 0.15) is 0 Å². The van der Waals surface area contributed by atoms with Crippen molar-refractivity contribution in [1.82, 2.24) is 4.90 Å². The summed E-state index contributed by atoms with van der Waals surface area (Å²) in [4.78, 5) is 22.5. The van der Waals surface area contributed by atoms with Gasteiger partial charge >= 0.3 is 51.4 Å². The van der Waals surface area contributed by atoms with E-state index in [0.29, 0.717) is 5.57 Å². The summed E-state index contributed by atoms with van der Waals surface area (Å²) in [6, 6.07) is 0. The van der Waals surface area contributed by atoms with Crippen LogP contribution in [0.25, 0.3) is 0 Å². The fourth-order valence-corrected chi connectivity index (χ4v) is 0.708. The van der Waals surface area contributed by atoms with E-state index in [-0.39, 0.29) is 63.2 Å². The molecule has 0 aromatic carbocycles. The molecule has 1 rings (SSSR count). The summed E-state index contributed by atoms with van der Waals surface area (Å²) in [5.41, 5.74) is 0.516. The van der Waals surface area contributed by atoms with E-state index >= 15 is 0 Å². The molecule has 0 spiro atoms. The van der Waals surface area contributed by atoms with Gasteiger partial charge in [-0.3, -0.25) is 14.5 Å². The zero-order valence-electron chi connectivity index (χ0n) is 5.34. The fraction of sp³-hybridized carbons (Fsp3) is 0.333. The van der Waals surface area contributed by atoms with Crippen molar-refractivity contribution in [3.05, 3.63) is 11.6 Å². The molecule has 4 heteroatoms. The van der Waals surface area contributed by atoms with Crippen LogP contribution in [0.5, 0.6) is 0 Å². The zero-order chi connectivity index (χ0) is 7.02. The molecule has 10 heavy (non-hydrogen) atoms. The maximum atomic E-state index is 10.8. The minimum atomic E-state index is -0.225. The molecule has 0 aromatic heterocycles. The van der Waals surface area contributed by atoms with Crippen LogP contribution in [0.1, 0.15) is 6.92 Å². The third-order valence-corrected chi connectivity index (χ3v) is 1.31. The fourth-order valence-electron chi connectivity index (χ4n) is 0.708. The van der Waals surface area contributed by atoms with Crippen LogP contribution in [-0.2, 0) is 9.59 Å². The molecule has 0 N–H and O–H groups in total. The second-order valence-electron chi connectivity index (χ2n) is 2.03. The molecule has 0 atom stereocenters. The normalized spacial score (nSPS) is 17.0. The van der Waals surface area contributed by atoms with Gasteiger partial charge in [0.25, 0.3) is 11.8 Å². The van der Waals surface area contributed by atoms with E-state index in [1.165, 1.54) is 13.1 Å². The Bertz CT molecular complexity index is 210. The van der Waals surface area contributed by atoms with Crippen LogP contribution >= 0.6 is 0 Å². The van der Waals surface area contributed by atoms with Crippen molar-refractivity contribution >= 4 is 63.2 Å². The molecule has 0 unspecified atom stereocenters. The molecule has 1 aliphatic heterocycles. The zero-order valence-corrected chi connectivity index (χ0v) is 5.34. The maximum absolute atomic E-state index is 10.8. The molecule has 3 nitrogen and oxygen atoms in total. The Morgan fingerprint density at radius 2 is 1.90 bits per heavy atom. The van der Waals surface area contributed by atoms with Crippen molar-refractivity contribution in [2.24, 2.45) is 0 Å². The van der Waals surface area contributed by atoms with Gasteiger partial charge in [0.2, 0.25) is 0 Å². The van der Waals surface area contributed by atoms with Crippen molar-refractivity contribution in [2.45, 2.75) is 6.92 Å². The van der Waals surface area contributed by atoms with E-state index in [1.807, 2.05) is 0 Å². The first-order valence-corrected chi connectivity index (χ1v) is 2.63. The van der Waals surface area contributed by atoms with Gasteiger partial charge < -0.3 is 0 Å². The number of hydrogen-bond donors (Lipinski definition) is 0. The van der Waals surface area contributed by atoms with E-state index < -0.39 is 0 Å². The van der Waals surface area contributed by atoms with Crippen molar-refractivity contribution in [2.75, 3.05) is 7.05 Å². The van der Waals surface area contributed by atoms with E-state index in [2.05, 4.69) is 0 Å². The van der Waals surface area contributed by atoms with Crippen molar-refractivity contribution in [3.8, 4) is 0 Å². The first-order chi connectivity index (χ1) is 4.13. The molecule has 1 aliphatic rings. The molecule has 0 bridgehead atoms. The standard InChI is InChI=1S/C6H7NO2.K.H/c1-4-3-5(8)7(2)6(4)9;;/h3H,1-2H3;;. The summed E-state index contributed by atoms with van der Waals surface area (Å²) in [5.74, 6) is -0.419. The van der Waals surface area contributed by atoms with Crippen LogP contribution in [-0.4, -0.2) is 75.1 Å². The Morgan fingerprint density at radius 1 is 1.40 bits per heavy atom. The van der Waals surface area contributed by atoms with Gasteiger partial charge in [-0.15, -0.1) is 0 Å². The molecule has 0 aliphatic carbocycles. The van der Waals surface area contributed by atoms with E-state index in [0.717, 1.165) is 4.90 Å². The Labute approximate surface area is 102 Å². The van der Waals surface area contributed by atoms with Gasteiger partial charge in [0, 0.05) is 18.7 Å². The first kappa shape index (κ1) is 10.5. The second-order valence-corrected chi connectivity index (χ2v) is 2.03. The summed E-state index contributed by atoms with van der Waals surface area (Å²) in [5, 5.41) is 0. The number of imide groups is 1. The molecule has 0 aromatic rings. The Hall–Kier alpha value is 0.516. The van der Waals surface area contributed by atoms with Crippen LogP contribution in [0.2, 0.25) is 0 Å². The SMILES string of the molecule is CC1=CC(=O)N(C)C1=O.[KH]. The van der Waals surface area contributed by atoms with Crippen LogP contribution < -0.4 is 0 Å². The molecule has 2 amide bonds. The van der Waals surface area contributed by atoms with Crippen LogP contribution in [0.3, 0.4) is 0 Å². The van der Waals surface area contributed by atoms with Gasteiger partial charge in [0.05, 0.1) is 0 Å². The number of carbonyl (C=O) groups is 2. The summed E-state index contributed by atoms with van der Waals surface area (Å²) < 4.78 is 0. The molecular weight excluding hydrogens is 157 g/mol. The van der Waals surface area contributed by atoms with Gasteiger partial charge in [0.15, 0.2) is 0 Å². The minimum absolute atomic E-state index is 0. The monoisotopic (exact) mass is 165 g/mol. The van der Waals surface area contributed by atoms with Crippen molar-refractivity contribution < 1.29 is 9.59 Å². The number of rotatable bonds is 0. The Balaban J connectivity index is 0.000000810. The third kappa shape index (κ3) is 1.76.